The first-order valence-electron chi connectivity index (χ1n) is 5.71. The Hall–Kier alpha value is -1.90. The van der Waals surface area contributed by atoms with Gasteiger partial charge in [-0.25, -0.2) is 0 Å². The van der Waals surface area contributed by atoms with Crippen molar-refractivity contribution in [3.8, 4) is 0 Å². The molecule has 0 aliphatic heterocycles. The Morgan fingerprint density at radius 3 is 2.65 bits per heavy atom. The Kier molecular flexibility index (Phi) is 3.38. The molecule has 0 unspecified atom stereocenters. The Morgan fingerprint density at radius 1 is 1.18 bits per heavy atom. The molecule has 2 rings (SSSR count). The van der Waals surface area contributed by atoms with E-state index in [4.69, 9.17) is 0 Å². The van der Waals surface area contributed by atoms with Crippen LogP contribution in [-0.4, -0.2) is 9.55 Å². The van der Waals surface area contributed by atoms with E-state index in [1.54, 1.807) is 17.7 Å². The molecule has 0 aromatic carbocycles. The van der Waals surface area contributed by atoms with Crippen LogP contribution in [0.2, 0.25) is 0 Å². The first-order chi connectivity index (χ1) is 8.15. The summed E-state index contributed by atoms with van der Waals surface area (Å²) in [6.07, 6.45) is 7.34. The molecule has 2 aromatic rings. The van der Waals surface area contributed by atoms with Gasteiger partial charge in [0.1, 0.15) is 0 Å². The Labute approximate surface area is 101 Å². The first kappa shape index (κ1) is 11.6. The minimum Gasteiger partial charge on any atom is -0.319 e. The van der Waals surface area contributed by atoms with Gasteiger partial charge >= 0.3 is 0 Å². The minimum atomic E-state index is 0.0462. The molecule has 2 heterocycles. The summed E-state index contributed by atoms with van der Waals surface area (Å²) in [5.41, 5.74) is 3.51. The second-order valence-corrected chi connectivity index (χ2v) is 4.35. The monoisotopic (exact) mass is 228 g/mol. The molecule has 0 aliphatic carbocycles. The van der Waals surface area contributed by atoms with Crippen molar-refractivity contribution in [2.24, 2.45) is 7.05 Å². The van der Waals surface area contributed by atoms with E-state index < -0.39 is 0 Å². The van der Waals surface area contributed by atoms with Crippen LogP contribution >= 0.6 is 0 Å². The predicted molar refractivity (Wildman–Crippen MR) is 68.1 cm³/mol. The summed E-state index contributed by atoms with van der Waals surface area (Å²) < 4.78 is 1.58. The summed E-state index contributed by atoms with van der Waals surface area (Å²) in [7, 11) is 1.76. The van der Waals surface area contributed by atoms with Gasteiger partial charge in [-0.15, -0.1) is 0 Å². The van der Waals surface area contributed by atoms with Crippen LogP contribution in [0.15, 0.2) is 41.6 Å². The summed E-state index contributed by atoms with van der Waals surface area (Å²) in [6.45, 7) is 2.04. The summed E-state index contributed by atoms with van der Waals surface area (Å²) in [4.78, 5) is 15.6. The molecular formula is C14H16N2O. The summed E-state index contributed by atoms with van der Waals surface area (Å²) in [6, 6.07) is 5.82. The van der Waals surface area contributed by atoms with Gasteiger partial charge in [0.15, 0.2) is 0 Å². The fourth-order valence-corrected chi connectivity index (χ4v) is 1.79. The summed E-state index contributed by atoms with van der Waals surface area (Å²) in [5.74, 6) is 0. The van der Waals surface area contributed by atoms with Crippen molar-refractivity contribution < 1.29 is 0 Å². The molecule has 88 valence electrons. The van der Waals surface area contributed by atoms with Crippen LogP contribution in [0.5, 0.6) is 0 Å². The van der Waals surface area contributed by atoms with Crippen LogP contribution in [0.25, 0.3) is 0 Å². The Morgan fingerprint density at radius 2 is 1.94 bits per heavy atom. The van der Waals surface area contributed by atoms with E-state index in [9.17, 15) is 4.79 Å². The highest BCUT2D eigenvalue weighted by Gasteiger charge is 1.98. The van der Waals surface area contributed by atoms with Crippen molar-refractivity contribution in [2.75, 3.05) is 0 Å². The average Bonchev–Trinajstić information content (AvgIpc) is 2.31. The van der Waals surface area contributed by atoms with E-state index in [-0.39, 0.29) is 5.56 Å². The third-order valence-electron chi connectivity index (χ3n) is 2.80. The van der Waals surface area contributed by atoms with Crippen molar-refractivity contribution in [1.29, 1.82) is 0 Å². The molecule has 0 spiro atoms. The molecule has 3 nitrogen and oxygen atoms in total. The van der Waals surface area contributed by atoms with E-state index in [2.05, 4.69) is 11.1 Å². The molecular weight excluding hydrogens is 212 g/mol. The third kappa shape index (κ3) is 3.03. The largest absolute Gasteiger partial charge is 0.319 e. The molecule has 0 radical (unpaired) electrons. The van der Waals surface area contributed by atoms with E-state index in [1.165, 1.54) is 11.1 Å². The number of pyridine rings is 2. The quantitative estimate of drug-likeness (QED) is 0.804. The Balaban J connectivity index is 2.07. The van der Waals surface area contributed by atoms with Crippen molar-refractivity contribution in [3.63, 3.8) is 0 Å². The highest BCUT2D eigenvalue weighted by molar-refractivity contribution is 5.19. The zero-order valence-electron chi connectivity index (χ0n) is 10.2. The van der Waals surface area contributed by atoms with Gasteiger partial charge in [-0.05, 0) is 42.5 Å². The van der Waals surface area contributed by atoms with Crippen LogP contribution in [0.1, 0.15) is 16.7 Å². The average molecular weight is 228 g/mol. The maximum Gasteiger partial charge on any atom is 0.250 e. The van der Waals surface area contributed by atoms with Gasteiger partial charge in [0, 0.05) is 31.7 Å². The van der Waals surface area contributed by atoms with Gasteiger partial charge in [0.05, 0.1) is 0 Å². The lowest BCUT2D eigenvalue weighted by molar-refractivity contribution is 0.841. The number of hydrogen-bond acceptors (Lipinski definition) is 2. The van der Waals surface area contributed by atoms with Crippen LogP contribution < -0.4 is 5.56 Å². The van der Waals surface area contributed by atoms with Gasteiger partial charge in [-0.1, -0.05) is 6.07 Å². The van der Waals surface area contributed by atoms with Crippen molar-refractivity contribution >= 4 is 0 Å². The molecule has 0 bridgehead atoms. The predicted octanol–water partition coefficient (Wildman–Crippen LogP) is 1.87. The lowest BCUT2D eigenvalue weighted by atomic mass is 10.1. The van der Waals surface area contributed by atoms with Gasteiger partial charge in [-0.2, -0.15) is 0 Å². The highest BCUT2D eigenvalue weighted by atomic mass is 16.1. The van der Waals surface area contributed by atoms with Crippen LogP contribution in [-0.2, 0) is 19.9 Å². The molecule has 2 aromatic heterocycles. The van der Waals surface area contributed by atoms with Gasteiger partial charge in [-0.3, -0.25) is 9.78 Å². The van der Waals surface area contributed by atoms with Gasteiger partial charge in [0.25, 0.3) is 5.56 Å². The molecule has 0 atom stereocenters. The molecule has 3 heteroatoms. The normalized spacial score (nSPS) is 10.5. The second-order valence-electron chi connectivity index (χ2n) is 4.35. The van der Waals surface area contributed by atoms with Crippen LogP contribution in [0.4, 0.5) is 0 Å². The highest BCUT2D eigenvalue weighted by Crippen LogP contribution is 2.06. The van der Waals surface area contributed by atoms with Gasteiger partial charge < -0.3 is 4.57 Å². The zero-order chi connectivity index (χ0) is 12.3. The van der Waals surface area contributed by atoms with Crippen molar-refractivity contribution in [2.45, 2.75) is 19.8 Å². The summed E-state index contributed by atoms with van der Waals surface area (Å²) >= 11 is 0. The van der Waals surface area contributed by atoms with E-state index >= 15 is 0 Å². The number of aromatic nitrogens is 2. The van der Waals surface area contributed by atoms with E-state index in [0.717, 1.165) is 18.4 Å². The second kappa shape index (κ2) is 4.95. The van der Waals surface area contributed by atoms with Crippen molar-refractivity contribution in [3.05, 3.63) is 63.8 Å². The summed E-state index contributed by atoms with van der Waals surface area (Å²) in [5, 5.41) is 0. The lowest BCUT2D eigenvalue weighted by Crippen LogP contribution is -2.15. The fraction of sp³-hybridized carbons (Fsp3) is 0.286. The Bertz CT molecular complexity index is 572. The molecule has 0 amide bonds. The topological polar surface area (TPSA) is 34.9 Å². The molecule has 17 heavy (non-hydrogen) atoms. The number of hydrogen-bond donors (Lipinski definition) is 0. The van der Waals surface area contributed by atoms with Crippen LogP contribution in [0.3, 0.4) is 0 Å². The van der Waals surface area contributed by atoms with Crippen molar-refractivity contribution in [1.82, 2.24) is 9.55 Å². The van der Waals surface area contributed by atoms with E-state index in [1.807, 2.05) is 31.6 Å². The fourth-order valence-electron chi connectivity index (χ4n) is 1.79. The standard InChI is InChI=1S/C14H16N2O/c1-11-7-13(10-15-9-11)4-3-12-5-6-16(2)14(17)8-12/h5-10H,3-4H2,1-2H3. The maximum atomic E-state index is 11.5. The molecule has 0 N–H and O–H groups in total. The molecule has 0 aliphatic rings. The third-order valence-corrected chi connectivity index (χ3v) is 2.80. The number of nitrogens with zero attached hydrogens (tertiary/aromatic N) is 2. The lowest BCUT2D eigenvalue weighted by Gasteiger charge is -2.03. The first-order valence-corrected chi connectivity index (χ1v) is 5.71. The minimum absolute atomic E-state index is 0.0462. The smallest absolute Gasteiger partial charge is 0.250 e. The SMILES string of the molecule is Cc1cncc(CCc2ccn(C)c(=O)c2)c1. The number of rotatable bonds is 3. The zero-order valence-corrected chi connectivity index (χ0v) is 10.2. The van der Waals surface area contributed by atoms with E-state index in [0.29, 0.717) is 0 Å². The molecule has 0 saturated heterocycles. The molecule has 0 saturated carbocycles. The van der Waals surface area contributed by atoms with Crippen LogP contribution in [0, 0.1) is 6.92 Å². The molecule has 0 fully saturated rings. The number of aryl methyl sites for hydroxylation is 4. The van der Waals surface area contributed by atoms with Gasteiger partial charge in [0.2, 0.25) is 0 Å². The maximum absolute atomic E-state index is 11.5.